The van der Waals surface area contributed by atoms with Crippen LogP contribution >= 0.6 is 22.6 Å². The number of hydrogen-bond donors (Lipinski definition) is 0. The van der Waals surface area contributed by atoms with Crippen molar-refractivity contribution in [2.45, 2.75) is 58.5 Å². The molecule has 0 aliphatic carbocycles. The van der Waals surface area contributed by atoms with Gasteiger partial charge in [0.1, 0.15) is 5.60 Å². The molecule has 13 heteroatoms. The molecule has 0 aliphatic rings. The lowest BCUT2D eigenvalue weighted by Gasteiger charge is -2.19. The molecule has 264 valence electrons. The van der Waals surface area contributed by atoms with Crippen LogP contribution in [0.1, 0.15) is 52.9 Å². The van der Waals surface area contributed by atoms with Crippen LogP contribution in [0.15, 0.2) is 0 Å². The molecule has 0 radical (unpaired) electrons. The smallest absolute Gasteiger partial charge is 0.308 e. The number of esters is 1. The van der Waals surface area contributed by atoms with Gasteiger partial charge in [-0.15, -0.1) is 0 Å². The molecule has 44 heavy (non-hydrogen) atoms. The zero-order valence-corrected chi connectivity index (χ0v) is 29.8. The summed E-state index contributed by atoms with van der Waals surface area (Å²) in [6.45, 7) is 16.0. The molecule has 0 amide bonds. The Bertz CT molecular complexity index is 580. The molecule has 0 aliphatic heterocycles. The first-order valence-electron chi connectivity index (χ1n) is 16.0. The predicted octanol–water partition coefficient (Wildman–Crippen LogP) is 3.88. The van der Waals surface area contributed by atoms with Gasteiger partial charge in [0, 0.05) is 6.61 Å². The fourth-order valence-electron chi connectivity index (χ4n) is 3.28. The van der Waals surface area contributed by atoms with E-state index in [1.54, 1.807) is 0 Å². The van der Waals surface area contributed by atoms with E-state index in [1.165, 1.54) is 23.7 Å². The van der Waals surface area contributed by atoms with Gasteiger partial charge in [-0.05, 0) is 38.0 Å². The van der Waals surface area contributed by atoms with Crippen molar-refractivity contribution in [1.29, 1.82) is 0 Å². The third-order valence-electron chi connectivity index (χ3n) is 5.39. The number of halogens is 1. The molecule has 0 spiro atoms. The van der Waals surface area contributed by atoms with Crippen LogP contribution in [0.2, 0.25) is 0 Å². The minimum atomic E-state index is -0.470. The van der Waals surface area contributed by atoms with E-state index < -0.39 is 5.60 Å². The highest BCUT2D eigenvalue weighted by molar-refractivity contribution is 14.1. The number of alkyl halides is 1. The van der Waals surface area contributed by atoms with E-state index in [2.05, 4.69) is 22.6 Å². The quantitative estimate of drug-likeness (QED) is 0.0400. The molecule has 0 aromatic rings. The second-order valence-electron chi connectivity index (χ2n) is 10.6. The Morgan fingerprint density at radius 3 is 0.977 bits per heavy atom. The molecule has 0 fully saturated rings. The largest absolute Gasteiger partial charge is 0.460 e. The molecule has 0 saturated heterocycles. The Balaban J connectivity index is 3.09. The maximum Gasteiger partial charge on any atom is 0.308 e. The second-order valence-corrected chi connectivity index (χ2v) is 11.6. The molecule has 0 rings (SSSR count). The summed E-state index contributed by atoms with van der Waals surface area (Å²) in [5, 5.41) is 0. The maximum absolute atomic E-state index is 11.6. The van der Waals surface area contributed by atoms with Crippen LogP contribution in [0, 0.1) is 0 Å². The first-order chi connectivity index (χ1) is 21.5. The first kappa shape index (κ1) is 43.8. The van der Waals surface area contributed by atoms with E-state index in [1.807, 2.05) is 20.8 Å². The average Bonchev–Trinajstić information content (AvgIpc) is 2.98. The summed E-state index contributed by atoms with van der Waals surface area (Å²) in [4.78, 5) is 11.6. The fraction of sp³-hybridized carbons (Fsp3) is 0.968. The highest BCUT2D eigenvalue weighted by Gasteiger charge is 2.15. The van der Waals surface area contributed by atoms with Gasteiger partial charge in [0.25, 0.3) is 0 Å². The summed E-state index contributed by atoms with van der Waals surface area (Å²) < 4.78 is 61.1. The van der Waals surface area contributed by atoms with Gasteiger partial charge in [-0.3, -0.25) is 4.79 Å². The lowest BCUT2D eigenvalue weighted by atomic mass is 10.2. The summed E-state index contributed by atoms with van der Waals surface area (Å²) in [5.74, 6) is -0.261. The van der Waals surface area contributed by atoms with Crippen LogP contribution in [0.3, 0.4) is 0 Å². The van der Waals surface area contributed by atoms with Gasteiger partial charge in [-0.25, -0.2) is 0 Å². The molecule has 0 heterocycles. The van der Waals surface area contributed by atoms with Crippen LogP contribution in [-0.4, -0.2) is 148 Å². The van der Waals surface area contributed by atoms with Crippen molar-refractivity contribution in [3.05, 3.63) is 0 Å². The molecule has 12 nitrogen and oxygen atoms in total. The maximum atomic E-state index is 11.6. The highest BCUT2D eigenvalue weighted by Crippen LogP contribution is 2.08. The Morgan fingerprint density at radius 1 is 0.409 bits per heavy atom. The standard InChI is InChI=1S/C31H61IO12/c1-31(2,3)44-30(33)8-11-35-13-15-37-17-19-39-21-23-41-25-27-43-29-28-42-26-24-40-22-20-38-18-16-36-14-12-34-10-7-5-4-6-9-32/h4-29H2,1-3H3. The van der Waals surface area contributed by atoms with Crippen molar-refractivity contribution in [2.75, 3.05) is 137 Å². The lowest BCUT2D eigenvalue weighted by molar-refractivity contribution is -0.156. The normalized spacial score (nSPS) is 11.8. The van der Waals surface area contributed by atoms with Gasteiger partial charge in [0.2, 0.25) is 0 Å². The summed E-state index contributed by atoms with van der Waals surface area (Å²) in [7, 11) is 0. The number of ether oxygens (including phenoxy) is 11. The van der Waals surface area contributed by atoms with Gasteiger partial charge in [0.15, 0.2) is 0 Å². The van der Waals surface area contributed by atoms with Crippen molar-refractivity contribution < 1.29 is 56.9 Å². The van der Waals surface area contributed by atoms with Crippen molar-refractivity contribution in [3.63, 3.8) is 0 Å². The lowest BCUT2D eigenvalue weighted by Crippen LogP contribution is -2.24. The van der Waals surface area contributed by atoms with Crippen LogP contribution in [0.5, 0.6) is 0 Å². The van der Waals surface area contributed by atoms with Gasteiger partial charge in [-0.2, -0.15) is 0 Å². The number of rotatable bonds is 36. The predicted molar refractivity (Wildman–Crippen MR) is 176 cm³/mol. The van der Waals surface area contributed by atoms with Crippen LogP contribution in [0.4, 0.5) is 0 Å². The van der Waals surface area contributed by atoms with Crippen LogP contribution < -0.4 is 0 Å². The van der Waals surface area contributed by atoms with E-state index in [0.29, 0.717) is 126 Å². The molecule has 0 saturated carbocycles. The molecule has 0 aromatic carbocycles. The fourth-order valence-corrected chi connectivity index (χ4v) is 3.82. The third-order valence-corrected chi connectivity index (χ3v) is 6.15. The monoisotopic (exact) mass is 752 g/mol. The molecule has 0 atom stereocenters. The van der Waals surface area contributed by atoms with Gasteiger partial charge >= 0.3 is 5.97 Å². The van der Waals surface area contributed by atoms with Crippen molar-refractivity contribution in [1.82, 2.24) is 0 Å². The van der Waals surface area contributed by atoms with E-state index in [4.69, 9.17) is 52.1 Å². The van der Waals surface area contributed by atoms with Gasteiger partial charge in [0.05, 0.1) is 132 Å². The Hall–Kier alpha value is -0.200. The summed E-state index contributed by atoms with van der Waals surface area (Å²) >= 11 is 2.42. The molecular weight excluding hydrogens is 691 g/mol. The molecular formula is C31H61IO12. The van der Waals surface area contributed by atoms with Crippen LogP contribution in [-0.2, 0) is 56.9 Å². The Kier molecular flexibility index (Phi) is 35.5. The molecule has 0 N–H and O–H groups in total. The first-order valence-corrected chi connectivity index (χ1v) is 17.5. The van der Waals surface area contributed by atoms with E-state index in [-0.39, 0.29) is 12.4 Å². The van der Waals surface area contributed by atoms with E-state index in [9.17, 15) is 4.79 Å². The van der Waals surface area contributed by atoms with E-state index >= 15 is 0 Å². The SMILES string of the molecule is CC(C)(C)OC(=O)CCOCCOCCOCCOCCOCCOCCOCCOCCOCCOCCCCCCI. The summed E-state index contributed by atoms with van der Waals surface area (Å²) in [6, 6.07) is 0. The summed E-state index contributed by atoms with van der Waals surface area (Å²) in [5.41, 5.74) is -0.470. The molecule has 0 aromatic heterocycles. The number of hydrogen-bond acceptors (Lipinski definition) is 12. The number of carbonyl (C=O) groups is 1. The zero-order chi connectivity index (χ0) is 32.2. The average molecular weight is 753 g/mol. The topological polar surface area (TPSA) is 119 Å². The minimum Gasteiger partial charge on any atom is -0.460 e. The second kappa shape index (κ2) is 35.7. The third kappa shape index (κ3) is 39.8. The van der Waals surface area contributed by atoms with Crippen molar-refractivity contribution >= 4 is 28.6 Å². The minimum absolute atomic E-state index is 0.236. The van der Waals surface area contributed by atoms with Gasteiger partial charge in [-0.1, -0.05) is 35.4 Å². The molecule has 0 unspecified atom stereocenters. The number of unbranched alkanes of at least 4 members (excludes halogenated alkanes) is 3. The van der Waals surface area contributed by atoms with Crippen molar-refractivity contribution in [3.8, 4) is 0 Å². The number of carbonyl (C=O) groups excluding carboxylic acids is 1. The Morgan fingerprint density at radius 2 is 0.682 bits per heavy atom. The van der Waals surface area contributed by atoms with Gasteiger partial charge < -0.3 is 52.1 Å². The van der Waals surface area contributed by atoms with Crippen LogP contribution in [0.25, 0.3) is 0 Å². The molecule has 0 bridgehead atoms. The van der Waals surface area contributed by atoms with E-state index in [0.717, 1.165) is 13.0 Å². The highest BCUT2D eigenvalue weighted by atomic mass is 127. The zero-order valence-electron chi connectivity index (χ0n) is 27.7. The van der Waals surface area contributed by atoms with Crippen molar-refractivity contribution in [2.24, 2.45) is 0 Å². The Labute approximate surface area is 279 Å². The summed E-state index contributed by atoms with van der Waals surface area (Å²) in [6.07, 6.45) is 5.21.